The molecule has 1 aromatic rings. The van der Waals surface area contributed by atoms with Gasteiger partial charge in [0.25, 0.3) is 0 Å². The first-order valence-corrected chi connectivity index (χ1v) is 6.33. The number of phenols is 1. The van der Waals surface area contributed by atoms with Crippen molar-refractivity contribution in [3.63, 3.8) is 0 Å². The highest BCUT2D eigenvalue weighted by molar-refractivity contribution is 5.45. The van der Waals surface area contributed by atoms with E-state index in [1.54, 1.807) is 6.07 Å². The highest BCUT2D eigenvalue weighted by Crippen LogP contribution is 2.29. The lowest BCUT2D eigenvalue weighted by molar-refractivity contribution is 0.316. The molecule has 2 N–H and O–H groups in total. The molecule has 18 heavy (non-hydrogen) atoms. The minimum atomic E-state index is 0.211. The van der Waals surface area contributed by atoms with Crippen molar-refractivity contribution in [1.82, 2.24) is 5.32 Å². The number of para-hydroxylation sites is 1. The fourth-order valence-electron chi connectivity index (χ4n) is 1.74. The minimum Gasteiger partial charge on any atom is -0.504 e. The first-order chi connectivity index (χ1) is 8.72. The van der Waals surface area contributed by atoms with Crippen LogP contribution in [0.4, 0.5) is 0 Å². The van der Waals surface area contributed by atoms with Crippen molar-refractivity contribution in [3.8, 4) is 23.8 Å². The first kappa shape index (κ1) is 14.4. The van der Waals surface area contributed by atoms with Crippen LogP contribution >= 0.6 is 0 Å². The molecule has 3 nitrogen and oxygen atoms in total. The van der Waals surface area contributed by atoms with Gasteiger partial charge in [-0.1, -0.05) is 19.1 Å². The molecular weight excluding hydrogens is 226 g/mol. The molecule has 0 aliphatic carbocycles. The molecule has 0 heterocycles. The Morgan fingerprint density at radius 2 is 2.22 bits per heavy atom. The fourth-order valence-corrected chi connectivity index (χ4v) is 1.74. The molecule has 3 heteroatoms. The van der Waals surface area contributed by atoms with Crippen LogP contribution in [0.5, 0.6) is 11.5 Å². The summed E-state index contributed by atoms with van der Waals surface area (Å²) >= 11 is 0. The van der Waals surface area contributed by atoms with E-state index in [4.69, 9.17) is 11.2 Å². The van der Waals surface area contributed by atoms with Crippen LogP contribution in [0, 0.1) is 12.3 Å². The van der Waals surface area contributed by atoms with Gasteiger partial charge < -0.3 is 15.2 Å². The molecule has 0 radical (unpaired) electrons. The number of rotatable bonds is 7. The second-order valence-electron chi connectivity index (χ2n) is 4.09. The van der Waals surface area contributed by atoms with E-state index in [0.29, 0.717) is 25.3 Å². The van der Waals surface area contributed by atoms with Gasteiger partial charge in [-0.3, -0.25) is 0 Å². The van der Waals surface area contributed by atoms with E-state index in [1.165, 1.54) is 0 Å². The lowest BCUT2D eigenvalue weighted by Crippen LogP contribution is -2.27. The van der Waals surface area contributed by atoms with Crippen molar-refractivity contribution in [1.29, 1.82) is 0 Å². The van der Waals surface area contributed by atoms with Crippen LogP contribution < -0.4 is 10.1 Å². The third-order valence-electron chi connectivity index (χ3n) is 2.82. The number of nitrogens with one attached hydrogen (secondary N) is 1. The van der Waals surface area contributed by atoms with Gasteiger partial charge in [-0.25, -0.2) is 0 Å². The molecule has 0 saturated carbocycles. The molecule has 0 saturated heterocycles. The summed E-state index contributed by atoms with van der Waals surface area (Å²) in [5.74, 6) is 3.39. The topological polar surface area (TPSA) is 41.5 Å². The summed E-state index contributed by atoms with van der Waals surface area (Å²) in [6.07, 6.45) is 6.97. The summed E-state index contributed by atoms with van der Waals surface area (Å²) < 4.78 is 5.35. The van der Waals surface area contributed by atoms with Crippen LogP contribution in [0.25, 0.3) is 0 Å². The predicted octanol–water partition coefficient (Wildman–Crippen LogP) is 2.68. The van der Waals surface area contributed by atoms with Gasteiger partial charge in [0.15, 0.2) is 11.5 Å². The predicted molar refractivity (Wildman–Crippen MR) is 73.6 cm³/mol. The molecule has 0 aromatic heterocycles. The van der Waals surface area contributed by atoms with E-state index in [-0.39, 0.29) is 11.8 Å². The second-order valence-corrected chi connectivity index (χ2v) is 4.09. The van der Waals surface area contributed by atoms with Crippen LogP contribution in [0.1, 0.15) is 32.3 Å². The lowest BCUT2D eigenvalue weighted by Gasteiger charge is -2.16. The van der Waals surface area contributed by atoms with Gasteiger partial charge in [0, 0.05) is 24.6 Å². The van der Waals surface area contributed by atoms with Crippen molar-refractivity contribution in [3.05, 3.63) is 23.8 Å². The number of phenolic OH excluding ortho intramolecular Hbond substituents is 1. The fraction of sp³-hybridized carbons (Fsp3) is 0.467. The Morgan fingerprint density at radius 3 is 2.83 bits per heavy atom. The van der Waals surface area contributed by atoms with Crippen molar-refractivity contribution in [2.24, 2.45) is 0 Å². The Balaban J connectivity index is 2.67. The maximum Gasteiger partial charge on any atom is 0.162 e. The van der Waals surface area contributed by atoms with Crippen molar-refractivity contribution in [2.75, 3.05) is 6.61 Å². The molecule has 0 amide bonds. The van der Waals surface area contributed by atoms with Gasteiger partial charge in [0.05, 0.1) is 6.61 Å². The molecule has 0 fully saturated rings. The third-order valence-corrected chi connectivity index (χ3v) is 2.82. The van der Waals surface area contributed by atoms with Crippen LogP contribution in [-0.4, -0.2) is 17.8 Å². The molecule has 98 valence electrons. The third kappa shape index (κ3) is 3.97. The highest BCUT2D eigenvalue weighted by Gasteiger charge is 2.09. The smallest absolute Gasteiger partial charge is 0.162 e. The van der Waals surface area contributed by atoms with E-state index in [1.807, 2.05) is 19.1 Å². The molecule has 0 aliphatic heterocycles. The van der Waals surface area contributed by atoms with Crippen molar-refractivity contribution in [2.45, 2.75) is 39.3 Å². The maximum atomic E-state index is 10.0. The largest absolute Gasteiger partial charge is 0.504 e. The monoisotopic (exact) mass is 247 g/mol. The number of terminal acetylenes is 1. The Labute approximate surface area is 109 Å². The standard InChI is InChI=1S/C15H21NO2/c1-4-8-13(5-2)16-11-12-9-7-10-14(15(12)17)18-6-3/h1,7,9-10,13,16-17H,5-6,8,11H2,2-3H3. The van der Waals surface area contributed by atoms with Crippen molar-refractivity contribution < 1.29 is 9.84 Å². The van der Waals surface area contributed by atoms with Gasteiger partial charge in [-0.2, -0.15) is 0 Å². The number of hydrogen-bond acceptors (Lipinski definition) is 3. The lowest BCUT2D eigenvalue weighted by atomic mass is 10.1. The number of aromatic hydroxyl groups is 1. The molecular formula is C15H21NO2. The van der Waals surface area contributed by atoms with E-state index in [9.17, 15) is 5.11 Å². The second kappa shape index (κ2) is 7.62. The van der Waals surface area contributed by atoms with E-state index in [2.05, 4.69) is 18.2 Å². The van der Waals surface area contributed by atoms with Gasteiger partial charge in [-0.15, -0.1) is 12.3 Å². The summed E-state index contributed by atoms with van der Waals surface area (Å²) in [7, 11) is 0. The summed E-state index contributed by atoms with van der Waals surface area (Å²) in [5.41, 5.74) is 0.830. The average Bonchev–Trinajstić information content (AvgIpc) is 2.38. The molecule has 0 bridgehead atoms. The van der Waals surface area contributed by atoms with E-state index >= 15 is 0 Å². The van der Waals surface area contributed by atoms with Crippen LogP contribution in [0.3, 0.4) is 0 Å². The Morgan fingerprint density at radius 1 is 1.44 bits per heavy atom. The SMILES string of the molecule is C#CCC(CC)NCc1cccc(OCC)c1O. The number of ether oxygens (including phenoxy) is 1. The quantitative estimate of drug-likeness (QED) is 0.728. The van der Waals surface area contributed by atoms with Crippen molar-refractivity contribution >= 4 is 0 Å². The normalized spacial score (nSPS) is 11.8. The number of benzene rings is 1. The molecule has 0 spiro atoms. The molecule has 1 rings (SSSR count). The van der Waals surface area contributed by atoms with E-state index in [0.717, 1.165) is 12.0 Å². The van der Waals surface area contributed by atoms with Gasteiger partial charge in [0.1, 0.15) is 0 Å². The van der Waals surface area contributed by atoms with Crippen LogP contribution in [0.2, 0.25) is 0 Å². The first-order valence-electron chi connectivity index (χ1n) is 6.33. The average molecular weight is 247 g/mol. The summed E-state index contributed by atoms with van der Waals surface area (Å²) in [5, 5.41) is 13.4. The maximum absolute atomic E-state index is 10.0. The minimum absolute atomic E-state index is 0.211. The Bertz CT molecular complexity index is 409. The summed E-state index contributed by atoms with van der Waals surface area (Å²) in [6, 6.07) is 5.81. The van der Waals surface area contributed by atoms with Gasteiger partial charge in [0.2, 0.25) is 0 Å². The summed E-state index contributed by atoms with van der Waals surface area (Å²) in [6.45, 7) is 5.11. The van der Waals surface area contributed by atoms with Gasteiger partial charge in [-0.05, 0) is 19.4 Å². The molecule has 1 unspecified atom stereocenters. The van der Waals surface area contributed by atoms with Crippen LogP contribution in [-0.2, 0) is 6.54 Å². The Kier molecular flexibility index (Phi) is 6.10. The van der Waals surface area contributed by atoms with Gasteiger partial charge >= 0.3 is 0 Å². The summed E-state index contributed by atoms with van der Waals surface area (Å²) in [4.78, 5) is 0. The Hall–Kier alpha value is -1.66. The van der Waals surface area contributed by atoms with E-state index < -0.39 is 0 Å². The highest BCUT2D eigenvalue weighted by atomic mass is 16.5. The molecule has 1 aromatic carbocycles. The zero-order chi connectivity index (χ0) is 13.4. The number of hydrogen-bond donors (Lipinski definition) is 2. The zero-order valence-electron chi connectivity index (χ0n) is 11.1. The molecule has 0 aliphatic rings. The molecule has 1 atom stereocenters. The zero-order valence-corrected chi connectivity index (χ0v) is 11.1. The van der Waals surface area contributed by atoms with Crippen LogP contribution in [0.15, 0.2) is 18.2 Å².